The maximum atomic E-state index is 11.9. The highest BCUT2D eigenvalue weighted by Crippen LogP contribution is 2.87. The predicted molar refractivity (Wildman–Crippen MR) is 193 cm³/mol. The van der Waals surface area contributed by atoms with E-state index in [2.05, 4.69) is 72.8 Å². The van der Waals surface area contributed by atoms with Crippen molar-refractivity contribution in [2.45, 2.75) is 86.8 Å². The van der Waals surface area contributed by atoms with Gasteiger partial charge in [0, 0.05) is 30.5 Å². The molecule has 2 saturated carbocycles. The molecule has 232 valence electrons. The molecular weight excluding hydrogens is 567 g/mol. The molecule has 3 heteroatoms. The first-order valence-electron chi connectivity index (χ1n) is 17.1. The fourth-order valence-corrected chi connectivity index (χ4v) is 15.9. The van der Waals surface area contributed by atoms with Crippen LogP contribution in [0.5, 0.6) is 0 Å². The van der Waals surface area contributed by atoms with Crippen LogP contribution in [0.1, 0.15) is 97.8 Å². The van der Waals surface area contributed by atoms with Crippen LogP contribution in [0, 0.1) is 0 Å². The lowest BCUT2D eigenvalue weighted by molar-refractivity contribution is 0.471. The van der Waals surface area contributed by atoms with Gasteiger partial charge < -0.3 is 10.2 Å². The molecule has 2 atom stereocenters. The lowest BCUT2D eigenvalue weighted by Gasteiger charge is -2.50. The van der Waals surface area contributed by atoms with E-state index in [1.54, 1.807) is 0 Å². The number of hydrogen-bond donors (Lipinski definition) is 2. The first kappa shape index (κ1) is 31.4. The minimum absolute atomic E-state index is 0.0511. The Balaban J connectivity index is 1.68. The van der Waals surface area contributed by atoms with E-state index in [1.807, 2.05) is 60.7 Å². The average Bonchev–Trinajstić information content (AvgIpc) is 3.13. The van der Waals surface area contributed by atoms with Gasteiger partial charge >= 0.3 is 0 Å². The zero-order valence-corrected chi connectivity index (χ0v) is 27.3. The molecule has 45 heavy (non-hydrogen) atoms. The van der Waals surface area contributed by atoms with Gasteiger partial charge in [-0.3, -0.25) is 0 Å². The van der Waals surface area contributed by atoms with Crippen LogP contribution in [-0.2, 0) is 0 Å². The summed E-state index contributed by atoms with van der Waals surface area (Å²) in [6, 6.07) is 42.2. The molecule has 0 aromatic heterocycles. The Morgan fingerprint density at radius 3 is 1.11 bits per heavy atom. The Morgan fingerprint density at radius 1 is 0.467 bits per heavy atom. The number of benzene rings is 4. The van der Waals surface area contributed by atoms with Gasteiger partial charge in [-0.2, -0.15) is 0 Å². The van der Waals surface area contributed by atoms with Crippen molar-refractivity contribution in [2.75, 3.05) is 0 Å². The van der Waals surface area contributed by atoms with Crippen LogP contribution in [0.2, 0.25) is 0 Å². The summed E-state index contributed by atoms with van der Waals surface area (Å²) in [5, 5.41) is 23.9. The van der Waals surface area contributed by atoms with Crippen molar-refractivity contribution in [1.82, 2.24) is 0 Å². The minimum atomic E-state index is -2.13. The van der Waals surface area contributed by atoms with Crippen LogP contribution >= 0.6 is 7.26 Å². The molecule has 4 aromatic carbocycles. The lowest BCUT2D eigenvalue weighted by atomic mass is 9.99. The molecule has 0 saturated heterocycles. The van der Waals surface area contributed by atoms with Crippen molar-refractivity contribution in [1.29, 1.82) is 0 Å². The quantitative estimate of drug-likeness (QED) is 0.138. The van der Waals surface area contributed by atoms with Gasteiger partial charge in [0.15, 0.2) is 0 Å². The van der Waals surface area contributed by atoms with E-state index in [0.717, 1.165) is 11.1 Å². The van der Waals surface area contributed by atoms with E-state index in [9.17, 15) is 10.2 Å². The Bertz CT molecular complexity index is 1400. The third kappa shape index (κ3) is 6.97. The van der Waals surface area contributed by atoms with Crippen molar-refractivity contribution in [3.05, 3.63) is 156 Å². The summed E-state index contributed by atoms with van der Waals surface area (Å²) in [4.78, 5) is 0. The second-order valence-corrected chi connectivity index (χ2v) is 17.4. The van der Waals surface area contributed by atoms with Crippen LogP contribution in [0.25, 0.3) is 11.5 Å². The maximum absolute atomic E-state index is 11.9. The molecule has 6 rings (SSSR count). The number of rotatable bonds is 10. The Morgan fingerprint density at radius 2 is 0.778 bits per heavy atom. The van der Waals surface area contributed by atoms with Gasteiger partial charge in [0.2, 0.25) is 0 Å². The smallest absolute Gasteiger partial charge is 0.123 e. The predicted octanol–water partition coefficient (Wildman–Crippen LogP) is 12.4. The van der Waals surface area contributed by atoms with Crippen LogP contribution in [0.15, 0.2) is 133 Å². The summed E-state index contributed by atoms with van der Waals surface area (Å²) < 4.78 is 0. The molecule has 0 amide bonds. The van der Waals surface area contributed by atoms with E-state index in [0.29, 0.717) is 22.8 Å². The Kier molecular flexibility index (Phi) is 10.5. The zero-order valence-electron chi connectivity index (χ0n) is 26.4. The molecule has 0 unspecified atom stereocenters. The Labute approximate surface area is 270 Å². The summed E-state index contributed by atoms with van der Waals surface area (Å²) in [5.41, 5.74) is 5.50. The first-order valence-corrected chi connectivity index (χ1v) is 19.1. The van der Waals surface area contributed by atoms with Gasteiger partial charge in [0.1, 0.15) is 22.8 Å². The summed E-state index contributed by atoms with van der Waals surface area (Å²) >= 11 is 0. The molecule has 0 bridgehead atoms. The largest absolute Gasteiger partial charge is 0.507 e. The van der Waals surface area contributed by atoms with Gasteiger partial charge in [0.05, 0.1) is 11.3 Å². The normalized spacial score (nSPS) is 18.8. The van der Waals surface area contributed by atoms with E-state index in [4.69, 9.17) is 0 Å². The molecule has 0 aliphatic heterocycles. The monoisotopic (exact) mass is 615 g/mol. The first-order chi connectivity index (χ1) is 22.2. The van der Waals surface area contributed by atoms with Crippen molar-refractivity contribution in [2.24, 2.45) is 0 Å². The number of allylic oxidation sites excluding steroid dienone is 2. The van der Waals surface area contributed by atoms with E-state index in [1.165, 1.54) is 75.3 Å². The standard InChI is InChI=1S/C42H47O2P/c43-39(33-19-7-1-8-20-33)31-41(35-23-11-3-12-24-35)45(37-27-15-5-16-28-37,38-29-17-6-18-30-38)42(36-25-13-4-14-26-36)32-40(44)34-21-9-2-10-22-34/h1-4,7-14,19-26,31-32,37-38,41-42H,5-6,15-18,27-30H2,(H-,43,44)/p+1/b39-31-,40-32-/t41-,42-/m1/s1. The molecule has 2 aliphatic rings. The molecule has 2 N–H and O–H groups in total. The molecule has 2 fully saturated rings. The van der Waals surface area contributed by atoms with Crippen molar-refractivity contribution < 1.29 is 10.2 Å². The highest BCUT2D eigenvalue weighted by atomic mass is 31.2. The molecule has 0 radical (unpaired) electrons. The van der Waals surface area contributed by atoms with Crippen molar-refractivity contribution >= 4 is 18.8 Å². The molecular formula is C42H48O2P+. The maximum Gasteiger partial charge on any atom is 0.123 e. The average molecular weight is 616 g/mol. The highest BCUT2D eigenvalue weighted by Gasteiger charge is 2.62. The minimum Gasteiger partial charge on any atom is -0.507 e. The lowest BCUT2D eigenvalue weighted by Crippen LogP contribution is -2.34. The fraction of sp³-hybridized carbons (Fsp3) is 0.333. The van der Waals surface area contributed by atoms with Crippen molar-refractivity contribution in [3.8, 4) is 0 Å². The second kappa shape index (κ2) is 15.1. The number of hydrogen-bond acceptors (Lipinski definition) is 2. The van der Waals surface area contributed by atoms with E-state index < -0.39 is 7.26 Å². The van der Waals surface area contributed by atoms with E-state index in [-0.39, 0.29) is 11.3 Å². The molecule has 4 aromatic rings. The van der Waals surface area contributed by atoms with Gasteiger partial charge in [0.25, 0.3) is 0 Å². The number of aliphatic hydroxyl groups is 2. The van der Waals surface area contributed by atoms with Gasteiger partial charge in [-0.05, 0) is 62.5 Å². The summed E-state index contributed by atoms with van der Waals surface area (Å²) in [6.45, 7) is 0. The zero-order chi connectivity index (χ0) is 30.9. The third-order valence-corrected chi connectivity index (χ3v) is 16.8. The van der Waals surface area contributed by atoms with Crippen molar-refractivity contribution in [3.63, 3.8) is 0 Å². The summed E-state index contributed by atoms with van der Waals surface area (Å²) in [7, 11) is -2.13. The van der Waals surface area contributed by atoms with Crippen LogP contribution in [0.4, 0.5) is 0 Å². The summed E-state index contributed by atoms with van der Waals surface area (Å²) in [6.07, 6.45) is 17.0. The molecule has 0 spiro atoms. The van der Waals surface area contributed by atoms with Gasteiger partial charge in [-0.1, -0.05) is 134 Å². The second-order valence-electron chi connectivity index (χ2n) is 13.0. The van der Waals surface area contributed by atoms with Gasteiger partial charge in [-0.15, -0.1) is 0 Å². The fourth-order valence-electron chi connectivity index (χ4n) is 8.41. The molecule has 2 aliphatic carbocycles. The molecule has 0 heterocycles. The topological polar surface area (TPSA) is 40.5 Å². The van der Waals surface area contributed by atoms with Crippen LogP contribution in [0.3, 0.4) is 0 Å². The third-order valence-electron chi connectivity index (χ3n) is 10.4. The Hall–Kier alpha value is -3.61. The van der Waals surface area contributed by atoms with E-state index >= 15 is 0 Å². The SMILES string of the molecule is O/C(=C\[C@H](c1ccccc1)[P+](C1CCCCC1)(C1CCCCC1)[C@H](/C=C(\O)c1ccccc1)c1ccccc1)c1ccccc1. The van der Waals surface area contributed by atoms with Crippen LogP contribution in [-0.4, -0.2) is 21.5 Å². The summed E-state index contributed by atoms with van der Waals surface area (Å²) in [5.74, 6) is 0.729. The van der Waals surface area contributed by atoms with Gasteiger partial charge in [-0.25, -0.2) is 0 Å². The number of aliphatic hydroxyl groups excluding tert-OH is 2. The highest BCUT2D eigenvalue weighted by molar-refractivity contribution is 7.78. The molecule has 2 nitrogen and oxygen atoms in total. The van der Waals surface area contributed by atoms with Crippen LogP contribution < -0.4 is 0 Å².